The first kappa shape index (κ1) is 10.2. The number of nitrogens with zero attached hydrogens (tertiary/aromatic N) is 3. The van der Waals surface area contributed by atoms with E-state index in [1.165, 1.54) is 10.7 Å². The van der Waals surface area contributed by atoms with E-state index < -0.39 is 0 Å². The molecule has 0 bridgehead atoms. The SMILES string of the molecule is O=c1cc(Cl)[nH]nc1-n1ccc(CCl)n1. The molecule has 7 heteroatoms. The Balaban J connectivity index is 2.49. The van der Waals surface area contributed by atoms with Gasteiger partial charge in [-0.1, -0.05) is 11.6 Å². The summed E-state index contributed by atoms with van der Waals surface area (Å²) >= 11 is 11.2. The highest BCUT2D eigenvalue weighted by atomic mass is 35.5. The van der Waals surface area contributed by atoms with Gasteiger partial charge in [0.25, 0.3) is 0 Å². The van der Waals surface area contributed by atoms with Gasteiger partial charge in [-0.15, -0.1) is 11.6 Å². The Morgan fingerprint density at radius 3 is 2.93 bits per heavy atom. The number of aromatic amines is 1. The summed E-state index contributed by atoms with van der Waals surface area (Å²) in [5, 5.41) is 10.5. The maximum Gasteiger partial charge on any atom is 0.227 e. The molecule has 2 heterocycles. The van der Waals surface area contributed by atoms with E-state index in [0.29, 0.717) is 11.6 Å². The first-order chi connectivity index (χ1) is 7.20. The average Bonchev–Trinajstić information content (AvgIpc) is 2.66. The predicted octanol–water partition coefficient (Wildman–Crippen LogP) is 1.35. The maximum atomic E-state index is 11.5. The fourth-order valence-corrected chi connectivity index (χ4v) is 1.37. The van der Waals surface area contributed by atoms with Crippen molar-refractivity contribution in [1.29, 1.82) is 0 Å². The van der Waals surface area contributed by atoms with Crippen LogP contribution in [0, 0.1) is 0 Å². The second-order valence-electron chi connectivity index (χ2n) is 2.79. The molecule has 1 N–H and O–H groups in total. The molecule has 2 rings (SSSR count). The van der Waals surface area contributed by atoms with Crippen LogP contribution in [0.5, 0.6) is 0 Å². The molecule has 5 nitrogen and oxygen atoms in total. The fourth-order valence-electron chi connectivity index (χ4n) is 1.09. The van der Waals surface area contributed by atoms with E-state index in [-0.39, 0.29) is 16.4 Å². The zero-order valence-electron chi connectivity index (χ0n) is 7.44. The van der Waals surface area contributed by atoms with Gasteiger partial charge in [-0.05, 0) is 6.07 Å². The Kier molecular flexibility index (Phi) is 2.75. The summed E-state index contributed by atoms with van der Waals surface area (Å²) in [7, 11) is 0. The van der Waals surface area contributed by atoms with Crippen LogP contribution in [0.2, 0.25) is 5.15 Å². The van der Waals surface area contributed by atoms with Crippen molar-refractivity contribution in [3.8, 4) is 5.82 Å². The summed E-state index contributed by atoms with van der Waals surface area (Å²) < 4.78 is 1.35. The van der Waals surface area contributed by atoms with Gasteiger partial charge in [-0.25, -0.2) is 4.68 Å². The van der Waals surface area contributed by atoms with E-state index >= 15 is 0 Å². The van der Waals surface area contributed by atoms with Crippen LogP contribution in [0.4, 0.5) is 0 Å². The number of alkyl halides is 1. The van der Waals surface area contributed by atoms with Crippen molar-refractivity contribution in [1.82, 2.24) is 20.0 Å². The summed E-state index contributed by atoms with van der Waals surface area (Å²) in [6.45, 7) is 0. The van der Waals surface area contributed by atoms with Crippen LogP contribution in [0.25, 0.3) is 5.82 Å². The molecule has 0 spiro atoms. The van der Waals surface area contributed by atoms with Crippen molar-refractivity contribution in [3.05, 3.63) is 39.4 Å². The Morgan fingerprint density at radius 1 is 1.53 bits per heavy atom. The highest BCUT2D eigenvalue weighted by molar-refractivity contribution is 6.29. The quantitative estimate of drug-likeness (QED) is 0.812. The molecule has 0 aliphatic heterocycles. The highest BCUT2D eigenvalue weighted by Crippen LogP contribution is 2.04. The second-order valence-corrected chi connectivity index (χ2v) is 3.46. The van der Waals surface area contributed by atoms with Crippen molar-refractivity contribution in [2.75, 3.05) is 0 Å². The molecule has 0 saturated heterocycles. The fraction of sp³-hybridized carbons (Fsp3) is 0.125. The number of halogens is 2. The van der Waals surface area contributed by atoms with Crippen molar-refractivity contribution in [3.63, 3.8) is 0 Å². The predicted molar refractivity (Wildman–Crippen MR) is 56.5 cm³/mol. The highest BCUT2D eigenvalue weighted by Gasteiger charge is 2.06. The third-order valence-corrected chi connectivity index (χ3v) is 2.21. The van der Waals surface area contributed by atoms with E-state index in [0.717, 1.165) is 0 Å². The van der Waals surface area contributed by atoms with Gasteiger partial charge in [-0.3, -0.25) is 9.89 Å². The van der Waals surface area contributed by atoms with Crippen LogP contribution in [-0.4, -0.2) is 20.0 Å². The number of H-pyrrole nitrogens is 1. The van der Waals surface area contributed by atoms with Gasteiger partial charge in [0.15, 0.2) is 0 Å². The van der Waals surface area contributed by atoms with Crippen LogP contribution < -0.4 is 5.43 Å². The molecule has 0 fully saturated rings. The number of aromatic nitrogens is 4. The van der Waals surface area contributed by atoms with Crippen LogP contribution in [0.15, 0.2) is 23.1 Å². The third-order valence-electron chi connectivity index (χ3n) is 1.75. The standard InChI is InChI=1S/C8H6Cl2N4O/c9-4-5-1-2-14(13-5)8-6(15)3-7(10)11-12-8/h1-3H,4H2,(H,11,15). The molecule has 0 amide bonds. The molecule has 0 aliphatic rings. The normalized spacial score (nSPS) is 10.5. The van der Waals surface area contributed by atoms with Gasteiger partial charge >= 0.3 is 0 Å². The van der Waals surface area contributed by atoms with Crippen molar-refractivity contribution >= 4 is 23.2 Å². The first-order valence-corrected chi connectivity index (χ1v) is 4.98. The Hall–Kier alpha value is -1.33. The van der Waals surface area contributed by atoms with Crippen LogP contribution >= 0.6 is 23.2 Å². The molecule has 78 valence electrons. The van der Waals surface area contributed by atoms with Gasteiger partial charge in [0.2, 0.25) is 11.2 Å². The summed E-state index contributed by atoms with van der Waals surface area (Å²) in [5.74, 6) is 0.453. The molecule has 0 aliphatic carbocycles. The largest absolute Gasteiger partial charge is 0.286 e. The zero-order chi connectivity index (χ0) is 10.8. The summed E-state index contributed by atoms with van der Waals surface area (Å²) in [6.07, 6.45) is 1.61. The molecule has 0 atom stereocenters. The first-order valence-electron chi connectivity index (χ1n) is 4.07. The molecular weight excluding hydrogens is 239 g/mol. The van der Waals surface area contributed by atoms with E-state index in [1.54, 1.807) is 12.3 Å². The number of hydrogen-bond acceptors (Lipinski definition) is 3. The summed E-state index contributed by atoms with van der Waals surface area (Å²) in [4.78, 5) is 11.5. The Bertz CT molecular complexity index is 533. The molecule has 0 unspecified atom stereocenters. The Morgan fingerprint density at radius 2 is 2.33 bits per heavy atom. The van der Waals surface area contributed by atoms with Crippen LogP contribution in [0.3, 0.4) is 0 Å². The van der Waals surface area contributed by atoms with E-state index in [2.05, 4.69) is 15.3 Å². The van der Waals surface area contributed by atoms with Gasteiger partial charge in [0.05, 0.1) is 11.6 Å². The smallest absolute Gasteiger partial charge is 0.227 e. The lowest BCUT2D eigenvalue weighted by Crippen LogP contribution is -2.14. The number of rotatable bonds is 2. The molecule has 0 radical (unpaired) electrons. The van der Waals surface area contributed by atoms with Crippen LogP contribution in [-0.2, 0) is 5.88 Å². The van der Waals surface area contributed by atoms with Gasteiger partial charge in [-0.2, -0.15) is 10.2 Å². The lowest BCUT2D eigenvalue weighted by Gasteiger charge is -1.98. The van der Waals surface area contributed by atoms with Crippen molar-refractivity contribution in [2.45, 2.75) is 5.88 Å². The molecule has 2 aromatic rings. The van der Waals surface area contributed by atoms with Gasteiger partial charge in [0, 0.05) is 12.3 Å². The molecule has 0 aromatic carbocycles. The molecule has 2 aromatic heterocycles. The summed E-state index contributed by atoms with van der Waals surface area (Å²) in [5.41, 5.74) is 0.371. The minimum absolute atomic E-state index is 0.163. The van der Waals surface area contributed by atoms with E-state index in [1.807, 2.05) is 0 Å². The van der Waals surface area contributed by atoms with Crippen molar-refractivity contribution < 1.29 is 0 Å². The third kappa shape index (κ3) is 2.03. The molecular formula is C8H6Cl2N4O. The van der Waals surface area contributed by atoms with Gasteiger partial charge in [0.1, 0.15) is 5.15 Å². The number of hydrogen-bond donors (Lipinski definition) is 1. The second kappa shape index (κ2) is 4.04. The number of nitrogens with one attached hydrogen (secondary N) is 1. The molecule has 0 saturated carbocycles. The minimum atomic E-state index is -0.303. The van der Waals surface area contributed by atoms with Crippen LogP contribution in [0.1, 0.15) is 5.69 Å². The van der Waals surface area contributed by atoms with E-state index in [9.17, 15) is 4.79 Å². The average molecular weight is 245 g/mol. The van der Waals surface area contributed by atoms with E-state index in [4.69, 9.17) is 23.2 Å². The molecule has 15 heavy (non-hydrogen) atoms. The Labute approximate surface area is 94.6 Å². The monoisotopic (exact) mass is 244 g/mol. The lowest BCUT2D eigenvalue weighted by atomic mass is 10.5. The maximum absolute atomic E-state index is 11.5. The summed E-state index contributed by atoms with van der Waals surface area (Å²) in [6, 6.07) is 2.95. The minimum Gasteiger partial charge on any atom is -0.286 e. The zero-order valence-corrected chi connectivity index (χ0v) is 8.96. The van der Waals surface area contributed by atoms with Gasteiger partial charge < -0.3 is 0 Å². The topological polar surface area (TPSA) is 63.6 Å². The lowest BCUT2D eigenvalue weighted by molar-refractivity contribution is 0.793. The van der Waals surface area contributed by atoms with Crippen molar-refractivity contribution in [2.24, 2.45) is 0 Å².